The highest BCUT2D eigenvalue weighted by Crippen LogP contribution is 2.25. The lowest BCUT2D eigenvalue weighted by molar-refractivity contribution is 0.266. The fourth-order valence-corrected chi connectivity index (χ4v) is 3.53. The Morgan fingerprint density at radius 2 is 2.38 bits per heavy atom. The van der Waals surface area contributed by atoms with Crippen LogP contribution in [0.4, 0.5) is 11.6 Å². The summed E-state index contributed by atoms with van der Waals surface area (Å²) in [6.45, 7) is 4.03. The summed E-state index contributed by atoms with van der Waals surface area (Å²) in [5.74, 6) is 1.73. The molecule has 0 bridgehead atoms. The van der Waals surface area contributed by atoms with E-state index in [0.717, 1.165) is 37.6 Å². The van der Waals surface area contributed by atoms with Crippen LogP contribution in [0.2, 0.25) is 0 Å². The van der Waals surface area contributed by atoms with E-state index in [0.29, 0.717) is 0 Å². The van der Waals surface area contributed by atoms with Crippen LogP contribution in [0.1, 0.15) is 23.3 Å². The topological polar surface area (TPSA) is 61.3 Å². The van der Waals surface area contributed by atoms with Crippen molar-refractivity contribution in [3.8, 4) is 0 Å². The molecular weight excluding hydrogens is 284 g/mol. The molecule has 3 heterocycles. The molecule has 0 aromatic carbocycles. The summed E-state index contributed by atoms with van der Waals surface area (Å²) in [7, 11) is 0. The molecule has 1 saturated heterocycles. The minimum absolute atomic E-state index is 0.182. The van der Waals surface area contributed by atoms with Crippen molar-refractivity contribution in [3.63, 3.8) is 0 Å². The molecule has 0 radical (unpaired) electrons. The molecule has 2 aromatic rings. The molecule has 1 aliphatic heterocycles. The Labute approximate surface area is 128 Å². The summed E-state index contributed by atoms with van der Waals surface area (Å²) in [6.07, 6.45) is 3.72. The van der Waals surface area contributed by atoms with Gasteiger partial charge < -0.3 is 15.3 Å². The first-order valence-electron chi connectivity index (χ1n) is 7.24. The van der Waals surface area contributed by atoms with E-state index < -0.39 is 0 Å². The minimum atomic E-state index is 0.182. The third kappa shape index (κ3) is 3.16. The molecule has 1 aliphatic rings. The van der Waals surface area contributed by atoms with Gasteiger partial charge in [0.05, 0.1) is 19.2 Å². The van der Waals surface area contributed by atoms with Gasteiger partial charge in [0.15, 0.2) is 0 Å². The standard InChI is InChI=1S/C15H20N4OS/c1-11-4-6-21-13(11)8-16-14-7-15(18-10-17-14)19-5-2-3-12(19)9-20/h4,6-7,10,12,20H,2-3,5,8-9H2,1H3,(H,16,17,18)/t12-/m1/s1. The van der Waals surface area contributed by atoms with E-state index in [-0.39, 0.29) is 12.6 Å². The molecule has 21 heavy (non-hydrogen) atoms. The van der Waals surface area contributed by atoms with Crippen LogP contribution in [0.15, 0.2) is 23.8 Å². The van der Waals surface area contributed by atoms with Crippen LogP contribution in [-0.4, -0.2) is 34.3 Å². The second-order valence-electron chi connectivity index (χ2n) is 5.31. The summed E-state index contributed by atoms with van der Waals surface area (Å²) < 4.78 is 0. The van der Waals surface area contributed by atoms with Crippen molar-refractivity contribution in [2.75, 3.05) is 23.4 Å². The van der Waals surface area contributed by atoms with Gasteiger partial charge in [-0.1, -0.05) is 0 Å². The van der Waals surface area contributed by atoms with Gasteiger partial charge in [-0.2, -0.15) is 0 Å². The Balaban J connectivity index is 1.70. The number of thiophene rings is 1. The number of hydrogen-bond donors (Lipinski definition) is 2. The quantitative estimate of drug-likeness (QED) is 0.888. The maximum absolute atomic E-state index is 9.43. The molecule has 0 spiro atoms. The summed E-state index contributed by atoms with van der Waals surface area (Å²) in [4.78, 5) is 12.1. The van der Waals surface area contributed by atoms with Crippen LogP contribution in [0, 0.1) is 6.92 Å². The number of hydrogen-bond acceptors (Lipinski definition) is 6. The minimum Gasteiger partial charge on any atom is -0.394 e. The van der Waals surface area contributed by atoms with Crippen LogP contribution in [0.3, 0.4) is 0 Å². The Kier molecular flexibility index (Phi) is 4.36. The number of aliphatic hydroxyl groups is 1. The molecular formula is C15H20N4OS. The summed E-state index contributed by atoms with van der Waals surface area (Å²) in [5, 5.41) is 14.9. The summed E-state index contributed by atoms with van der Waals surface area (Å²) >= 11 is 1.75. The lowest BCUT2D eigenvalue weighted by atomic mass is 10.2. The molecule has 6 heteroatoms. The number of anilines is 2. The molecule has 112 valence electrons. The summed E-state index contributed by atoms with van der Waals surface area (Å²) in [6, 6.07) is 4.28. The van der Waals surface area contributed by atoms with E-state index in [4.69, 9.17) is 0 Å². The van der Waals surface area contributed by atoms with Crippen molar-refractivity contribution in [1.29, 1.82) is 0 Å². The van der Waals surface area contributed by atoms with Crippen molar-refractivity contribution < 1.29 is 5.11 Å². The van der Waals surface area contributed by atoms with Crippen molar-refractivity contribution in [3.05, 3.63) is 34.3 Å². The lowest BCUT2D eigenvalue weighted by Gasteiger charge is -2.24. The monoisotopic (exact) mass is 304 g/mol. The number of nitrogens with zero attached hydrogens (tertiary/aromatic N) is 3. The molecule has 0 aliphatic carbocycles. The Hall–Kier alpha value is -1.66. The molecule has 2 N–H and O–H groups in total. The number of aryl methyl sites for hydroxylation is 1. The van der Waals surface area contributed by atoms with Gasteiger partial charge in [-0.3, -0.25) is 0 Å². The average Bonchev–Trinajstić information content (AvgIpc) is 3.14. The van der Waals surface area contributed by atoms with Gasteiger partial charge in [0.1, 0.15) is 18.0 Å². The average molecular weight is 304 g/mol. The highest BCUT2D eigenvalue weighted by molar-refractivity contribution is 7.10. The van der Waals surface area contributed by atoms with Gasteiger partial charge in [0, 0.05) is 17.5 Å². The molecule has 1 atom stereocenters. The molecule has 0 amide bonds. The van der Waals surface area contributed by atoms with E-state index in [1.165, 1.54) is 10.4 Å². The molecule has 0 saturated carbocycles. The second-order valence-corrected chi connectivity index (χ2v) is 6.31. The number of aromatic nitrogens is 2. The van der Waals surface area contributed by atoms with E-state index in [1.807, 2.05) is 6.07 Å². The largest absolute Gasteiger partial charge is 0.394 e. The first-order chi connectivity index (χ1) is 10.3. The van der Waals surface area contributed by atoms with Gasteiger partial charge >= 0.3 is 0 Å². The predicted molar refractivity (Wildman–Crippen MR) is 85.9 cm³/mol. The number of aliphatic hydroxyl groups excluding tert-OH is 1. The van der Waals surface area contributed by atoms with Gasteiger partial charge in [0.2, 0.25) is 0 Å². The highest BCUT2D eigenvalue weighted by atomic mass is 32.1. The third-order valence-corrected chi connectivity index (χ3v) is 4.96. The van der Waals surface area contributed by atoms with E-state index in [2.05, 4.69) is 38.6 Å². The predicted octanol–water partition coefficient (Wildman–Crippen LogP) is 2.42. The van der Waals surface area contributed by atoms with Crippen molar-refractivity contribution >= 4 is 23.0 Å². The maximum Gasteiger partial charge on any atom is 0.134 e. The molecule has 5 nitrogen and oxygen atoms in total. The molecule has 1 fully saturated rings. The van der Waals surface area contributed by atoms with Gasteiger partial charge in [-0.15, -0.1) is 11.3 Å². The van der Waals surface area contributed by atoms with E-state index >= 15 is 0 Å². The first-order valence-corrected chi connectivity index (χ1v) is 8.12. The molecule has 2 aromatic heterocycles. The Morgan fingerprint density at radius 3 is 3.14 bits per heavy atom. The first kappa shape index (κ1) is 14.3. The lowest BCUT2D eigenvalue weighted by Crippen LogP contribution is -2.32. The SMILES string of the molecule is Cc1ccsc1CNc1cc(N2CCC[C@@H]2CO)ncn1. The van der Waals surface area contributed by atoms with Gasteiger partial charge in [-0.25, -0.2) is 9.97 Å². The van der Waals surface area contributed by atoms with Gasteiger partial charge in [0.25, 0.3) is 0 Å². The van der Waals surface area contributed by atoms with Crippen molar-refractivity contribution in [1.82, 2.24) is 9.97 Å². The smallest absolute Gasteiger partial charge is 0.134 e. The van der Waals surface area contributed by atoms with Crippen LogP contribution in [0.25, 0.3) is 0 Å². The maximum atomic E-state index is 9.43. The van der Waals surface area contributed by atoms with E-state index in [1.54, 1.807) is 17.7 Å². The van der Waals surface area contributed by atoms with E-state index in [9.17, 15) is 5.11 Å². The van der Waals surface area contributed by atoms with Crippen LogP contribution >= 0.6 is 11.3 Å². The zero-order valence-electron chi connectivity index (χ0n) is 12.1. The zero-order chi connectivity index (χ0) is 14.7. The summed E-state index contributed by atoms with van der Waals surface area (Å²) in [5.41, 5.74) is 1.31. The van der Waals surface area contributed by atoms with Crippen LogP contribution in [0.5, 0.6) is 0 Å². The zero-order valence-corrected chi connectivity index (χ0v) is 12.9. The molecule has 3 rings (SSSR count). The van der Waals surface area contributed by atoms with Crippen molar-refractivity contribution in [2.45, 2.75) is 32.4 Å². The van der Waals surface area contributed by atoms with Gasteiger partial charge in [-0.05, 0) is 36.8 Å². The third-order valence-electron chi connectivity index (χ3n) is 3.93. The molecule has 0 unspecified atom stereocenters. The fourth-order valence-electron chi connectivity index (χ4n) is 2.68. The number of nitrogens with one attached hydrogen (secondary N) is 1. The van der Waals surface area contributed by atoms with Crippen molar-refractivity contribution in [2.24, 2.45) is 0 Å². The van der Waals surface area contributed by atoms with Crippen LogP contribution in [-0.2, 0) is 6.54 Å². The second kappa shape index (κ2) is 6.41. The highest BCUT2D eigenvalue weighted by Gasteiger charge is 2.25. The number of rotatable bonds is 5. The fraction of sp³-hybridized carbons (Fsp3) is 0.467. The van der Waals surface area contributed by atoms with Crippen LogP contribution < -0.4 is 10.2 Å². The normalized spacial score (nSPS) is 18.2. The Morgan fingerprint density at radius 1 is 1.48 bits per heavy atom. The Bertz CT molecular complexity index is 601.